The highest BCUT2D eigenvalue weighted by Gasteiger charge is 2.10. The highest BCUT2D eigenvalue weighted by atomic mass is 19.1. The molecule has 1 aliphatic rings. The summed E-state index contributed by atoms with van der Waals surface area (Å²) in [5.74, 6) is 0.301. The van der Waals surface area contributed by atoms with Crippen molar-refractivity contribution in [2.24, 2.45) is 5.73 Å². The molecule has 0 heterocycles. The SMILES string of the molecule is COC1=C(N)CCC(F)=C1. The zero-order valence-corrected chi connectivity index (χ0v) is 5.86. The fourth-order valence-electron chi connectivity index (χ4n) is 0.874. The van der Waals surface area contributed by atoms with Gasteiger partial charge in [-0.25, -0.2) is 4.39 Å². The molecule has 0 amide bonds. The van der Waals surface area contributed by atoms with E-state index in [1.807, 2.05) is 0 Å². The molecule has 0 aliphatic heterocycles. The van der Waals surface area contributed by atoms with Crippen molar-refractivity contribution >= 4 is 0 Å². The number of ether oxygens (including phenoxy) is 1. The Kier molecular flexibility index (Phi) is 1.94. The van der Waals surface area contributed by atoms with Gasteiger partial charge in [0.05, 0.1) is 12.8 Å². The number of nitrogens with two attached hydrogens (primary N) is 1. The summed E-state index contributed by atoms with van der Waals surface area (Å²) < 4.78 is 17.3. The topological polar surface area (TPSA) is 35.2 Å². The summed E-state index contributed by atoms with van der Waals surface area (Å²) >= 11 is 0. The first-order valence-electron chi connectivity index (χ1n) is 3.12. The Morgan fingerprint density at radius 2 is 2.30 bits per heavy atom. The molecule has 0 fully saturated rings. The van der Waals surface area contributed by atoms with Gasteiger partial charge >= 0.3 is 0 Å². The number of allylic oxidation sites excluding steroid dienone is 3. The van der Waals surface area contributed by atoms with Crippen molar-refractivity contribution < 1.29 is 9.13 Å². The molecule has 0 spiro atoms. The molecule has 2 nitrogen and oxygen atoms in total. The molecule has 2 N–H and O–H groups in total. The van der Waals surface area contributed by atoms with Crippen molar-refractivity contribution in [1.82, 2.24) is 0 Å². The average molecular weight is 143 g/mol. The molecule has 3 heteroatoms. The Bertz CT molecular complexity index is 196. The van der Waals surface area contributed by atoms with Crippen LogP contribution in [0.15, 0.2) is 23.4 Å². The molecule has 1 rings (SSSR count). The molecule has 0 saturated carbocycles. The fraction of sp³-hybridized carbons (Fsp3) is 0.429. The molecule has 0 unspecified atom stereocenters. The van der Waals surface area contributed by atoms with Gasteiger partial charge in [-0.15, -0.1) is 0 Å². The summed E-state index contributed by atoms with van der Waals surface area (Å²) in [5, 5.41) is 0. The average Bonchev–Trinajstić information content (AvgIpc) is 1.94. The minimum absolute atomic E-state index is 0.161. The van der Waals surface area contributed by atoms with Gasteiger partial charge in [0, 0.05) is 12.5 Å². The van der Waals surface area contributed by atoms with Crippen LogP contribution in [-0.4, -0.2) is 7.11 Å². The van der Waals surface area contributed by atoms with Gasteiger partial charge in [0.15, 0.2) is 0 Å². The molecule has 0 bridgehead atoms. The van der Waals surface area contributed by atoms with Crippen LogP contribution in [0.3, 0.4) is 0 Å². The van der Waals surface area contributed by atoms with E-state index >= 15 is 0 Å². The molecule has 0 aromatic carbocycles. The maximum absolute atomic E-state index is 12.5. The maximum Gasteiger partial charge on any atom is 0.140 e. The normalized spacial score (nSPS) is 18.8. The summed E-state index contributed by atoms with van der Waals surface area (Å²) in [6.07, 6.45) is 2.29. The highest BCUT2D eigenvalue weighted by Crippen LogP contribution is 2.21. The van der Waals surface area contributed by atoms with E-state index in [4.69, 9.17) is 10.5 Å². The van der Waals surface area contributed by atoms with Gasteiger partial charge in [0.1, 0.15) is 11.6 Å². The van der Waals surface area contributed by atoms with Gasteiger partial charge in [-0.3, -0.25) is 0 Å². The third-order valence-electron chi connectivity index (χ3n) is 1.46. The second-order valence-corrected chi connectivity index (χ2v) is 2.18. The van der Waals surface area contributed by atoms with E-state index in [0.29, 0.717) is 24.3 Å². The Hall–Kier alpha value is -0.990. The molecule has 0 atom stereocenters. The molecule has 10 heavy (non-hydrogen) atoms. The van der Waals surface area contributed by atoms with E-state index in [0.717, 1.165) is 0 Å². The lowest BCUT2D eigenvalue weighted by atomic mass is 10.1. The van der Waals surface area contributed by atoms with Crippen molar-refractivity contribution in [3.63, 3.8) is 0 Å². The smallest absolute Gasteiger partial charge is 0.140 e. The lowest BCUT2D eigenvalue weighted by Crippen LogP contribution is -2.06. The fourth-order valence-corrected chi connectivity index (χ4v) is 0.874. The van der Waals surface area contributed by atoms with Crippen LogP contribution in [0.25, 0.3) is 0 Å². The largest absolute Gasteiger partial charge is 0.495 e. The molecular weight excluding hydrogens is 133 g/mol. The Morgan fingerprint density at radius 3 is 2.80 bits per heavy atom. The standard InChI is InChI=1S/C7H10FNO/c1-10-7-4-5(8)2-3-6(7)9/h4H,2-3,9H2,1H3. The number of hydrogen-bond donors (Lipinski definition) is 1. The van der Waals surface area contributed by atoms with Crippen LogP contribution in [0.5, 0.6) is 0 Å². The summed E-state index contributed by atoms with van der Waals surface area (Å²) in [6.45, 7) is 0. The quantitative estimate of drug-likeness (QED) is 0.603. The molecular formula is C7H10FNO. The molecule has 0 radical (unpaired) electrons. The van der Waals surface area contributed by atoms with Crippen molar-refractivity contribution in [3.05, 3.63) is 23.4 Å². The first-order chi connectivity index (χ1) is 4.74. The summed E-state index contributed by atoms with van der Waals surface area (Å²) in [7, 11) is 1.48. The minimum Gasteiger partial charge on any atom is -0.495 e. The van der Waals surface area contributed by atoms with Crippen molar-refractivity contribution in [1.29, 1.82) is 0 Å². The Balaban J connectivity index is 2.82. The first kappa shape index (κ1) is 7.12. The van der Waals surface area contributed by atoms with Gasteiger partial charge in [-0.1, -0.05) is 0 Å². The third-order valence-corrected chi connectivity index (χ3v) is 1.46. The van der Waals surface area contributed by atoms with Crippen LogP contribution < -0.4 is 5.73 Å². The molecule has 0 saturated heterocycles. The lowest BCUT2D eigenvalue weighted by molar-refractivity contribution is 0.294. The number of methoxy groups -OCH3 is 1. The third kappa shape index (κ3) is 1.29. The van der Waals surface area contributed by atoms with E-state index in [-0.39, 0.29) is 5.83 Å². The number of halogens is 1. The molecule has 1 aliphatic carbocycles. The first-order valence-corrected chi connectivity index (χ1v) is 3.12. The Labute approximate surface area is 59.2 Å². The zero-order chi connectivity index (χ0) is 7.56. The van der Waals surface area contributed by atoms with Gasteiger partial charge < -0.3 is 10.5 Å². The van der Waals surface area contributed by atoms with Crippen LogP contribution in [0, 0.1) is 0 Å². The van der Waals surface area contributed by atoms with E-state index in [1.54, 1.807) is 0 Å². The summed E-state index contributed by atoms with van der Waals surface area (Å²) in [6, 6.07) is 0. The van der Waals surface area contributed by atoms with Gasteiger partial charge in [0.25, 0.3) is 0 Å². The van der Waals surface area contributed by atoms with E-state index in [1.165, 1.54) is 13.2 Å². The lowest BCUT2D eigenvalue weighted by Gasteiger charge is -2.11. The van der Waals surface area contributed by atoms with E-state index in [2.05, 4.69) is 0 Å². The predicted molar refractivity (Wildman–Crippen MR) is 36.6 cm³/mol. The molecule has 0 aromatic rings. The maximum atomic E-state index is 12.5. The summed E-state index contributed by atoms with van der Waals surface area (Å²) in [4.78, 5) is 0. The zero-order valence-electron chi connectivity index (χ0n) is 5.86. The van der Waals surface area contributed by atoms with Gasteiger partial charge in [-0.2, -0.15) is 0 Å². The second-order valence-electron chi connectivity index (χ2n) is 2.18. The van der Waals surface area contributed by atoms with Crippen molar-refractivity contribution in [2.45, 2.75) is 12.8 Å². The van der Waals surface area contributed by atoms with E-state index in [9.17, 15) is 4.39 Å². The minimum atomic E-state index is -0.161. The van der Waals surface area contributed by atoms with Crippen LogP contribution in [0.1, 0.15) is 12.8 Å². The number of rotatable bonds is 1. The van der Waals surface area contributed by atoms with Crippen molar-refractivity contribution in [2.75, 3.05) is 7.11 Å². The second kappa shape index (κ2) is 2.73. The Morgan fingerprint density at radius 1 is 1.60 bits per heavy atom. The van der Waals surface area contributed by atoms with Gasteiger partial charge in [-0.05, 0) is 6.42 Å². The van der Waals surface area contributed by atoms with Crippen LogP contribution in [0.2, 0.25) is 0 Å². The van der Waals surface area contributed by atoms with Crippen LogP contribution in [-0.2, 0) is 4.74 Å². The molecule has 56 valence electrons. The number of hydrogen-bond acceptors (Lipinski definition) is 2. The van der Waals surface area contributed by atoms with Gasteiger partial charge in [0.2, 0.25) is 0 Å². The molecule has 0 aromatic heterocycles. The predicted octanol–water partition coefficient (Wildman–Crippen LogP) is 1.45. The highest BCUT2D eigenvalue weighted by molar-refractivity contribution is 5.24. The monoisotopic (exact) mass is 143 g/mol. The van der Waals surface area contributed by atoms with Crippen LogP contribution >= 0.6 is 0 Å². The summed E-state index contributed by atoms with van der Waals surface area (Å²) in [5.41, 5.74) is 6.12. The van der Waals surface area contributed by atoms with Crippen LogP contribution in [0.4, 0.5) is 4.39 Å². The van der Waals surface area contributed by atoms with Crippen molar-refractivity contribution in [3.8, 4) is 0 Å². The van der Waals surface area contributed by atoms with E-state index < -0.39 is 0 Å².